The largest absolute Gasteiger partial charge is 0.312 e. The van der Waals surface area contributed by atoms with E-state index in [1.54, 1.807) is 11.1 Å². The van der Waals surface area contributed by atoms with Crippen LogP contribution in [0, 0.1) is 17.6 Å². The SMILES string of the molecule is O=C(CCc1cc(F)cc(F)c1)C1CCN(c2ccc3[nH]ncc3c2)C1=O. The summed E-state index contributed by atoms with van der Waals surface area (Å²) in [5, 5.41) is 7.71. The van der Waals surface area contributed by atoms with E-state index in [4.69, 9.17) is 0 Å². The fraction of sp³-hybridized carbons (Fsp3) is 0.250. The lowest BCUT2D eigenvalue weighted by atomic mass is 9.96. The Labute approximate surface area is 154 Å². The van der Waals surface area contributed by atoms with Gasteiger partial charge in [0.05, 0.1) is 17.6 Å². The van der Waals surface area contributed by atoms with Crippen molar-refractivity contribution >= 4 is 28.3 Å². The highest BCUT2D eigenvalue weighted by molar-refractivity contribution is 6.10. The molecular weight excluding hydrogens is 352 g/mol. The van der Waals surface area contributed by atoms with E-state index in [1.165, 1.54) is 12.1 Å². The molecule has 0 spiro atoms. The van der Waals surface area contributed by atoms with Crippen LogP contribution in [0.2, 0.25) is 0 Å². The van der Waals surface area contributed by atoms with E-state index in [0.717, 1.165) is 22.7 Å². The van der Waals surface area contributed by atoms with Gasteiger partial charge < -0.3 is 4.90 Å². The van der Waals surface area contributed by atoms with Crippen molar-refractivity contribution in [1.29, 1.82) is 0 Å². The predicted molar refractivity (Wildman–Crippen MR) is 96.2 cm³/mol. The smallest absolute Gasteiger partial charge is 0.237 e. The number of H-pyrrole nitrogens is 1. The van der Waals surface area contributed by atoms with Gasteiger partial charge in [-0.2, -0.15) is 5.10 Å². The van der Waals surface area contributed by atoms with E-state index in [2.05, 4.69) is 10.2 Å². The second kappa shape index (κ2) is 6.90. The third-order valence-corrected chi connectivity index (χ3v) is 4.91. The van der Waals surface area contributed by atoms with Crippen molar-refractivity contribution in [2.24, 2.45) is 5.92 Å². The quantitative estimate of drug-likeness (QED) is 0.701. The van der Waals surface area contributed by atoms with E-state index in [1.807, 2.05) is 18.2 Å². The first-order valence-corrected chi connectivity index (χ1v) is 8.73. The van der Waals surface area contributed by atoms with Gasteiger partial charge in [0.2, 0.25) is 5.91 Å². The van der Waals surface area contributed by atoms with Gasteiger partial charge in [-0.25, -0.2) is 8.78 Å². The van der Waals surface area contributed by atoms with E-state index in [0.29, 0.717) is 18.5 Å². The molecule has 0 radical (unpaired) electrons. The molecule has 1 atom stereocenters. The average molecular weight is 369 g/mol. The van der Waals surface area contributed by atoms with E-state index in [9.17, 15) is 18.4 Å². The van der Waals surface area contributed by atoms with Crippen LogP contribution in [0.3, 0.4) is 0 Å². The molecule has 4 rings (SSSR count). The molecule has 3 aromatic rings. The number of carbonyl (C=O) groups excluding carboxylic acids is 2. The molecular formula is C20H17F2N3O2. The average Bonchev–Trinajstić information content (AvgIpc) is 3.24. The minimum atomic E-state index is -0.705. The van der Waals surface area contributed by atoms with Crippen LogP contribution in [-0.2, 0) is 16.0 Å². The van der Waals surface area contributed by atoms with Crippen molar-refractivity contribution < 1.29 is 18.4 Å². The maximum absolute atomic E-state index is 13.2. The van der Waals surface area contributed by atoms with E-state index < -0.39 is 17.6 Å². The highest BCUT2D eigenvalue weighted by Crippen LogP contribution is 2.29. The molecule has 1 aliphatic rings. The number of aromatic amines is 1. The summed E-state index contributed by atoms with van der Waals surface area (Å²) in [7, 11) is 0. The number of nitrogens with one attached hydrogen (secondary N) is 1. The Morgan fingerprint density at radius 1 is 1.19 bits per heavy atom. The number of hydrogen-bond acceptors (Lipinski definition) is 3. The first kappa shape index (κ1) is 17.3. The molecule has 1 aromatic heterocycles. The maximum Gasteiger partial charge on any atom is 0.237 e. The van der Waals surface area contributed by atoms with Crippen molar-refractivity contribution in [1.82, 2.24) is 10.2 Å². The van der Waals surface area contributed by atoms with E-state index >= 15 is 0 Å². The van der Waals surface area contributed by atoms with Crippen LogP contribution in [0.1, 0.15) is 18.4 Å². The molecule has 7 heteroatoms. The van der Waals surface area contributed by atoms with Gasteiger partial charge in [-0.05, 0) is 48.7 Å². The predicted octanol–water partition coefficient (Wildman–Crippen LogP) is 3.40. The Kier molecular flexibility index (Phi) is 4.43. The molecule has 1 amide bonds. The lowest BCUT2D eigenvalue weighted by molar-refractivity contribution is -0.130. The number of halogens is 2. The normalized spacial score (nSPS) is 17.0. The summed E-state index contributed by atoms with van der Waals surface area (Å²) < 4.78 is 26.5. The Bertz CT molecular complexity index is 1010. The number of rotatable bonds is 5. The summed E-state index contributed by atoms with van der Waals surface area (Å²) in [5.74, 6) is -2.47. The number of amides is 1. The Balaban J connectivity index is 1.43. The van der Waals surface area contributed by atoms with Crippen LogP contribution in [-0.4, -0.2) is 28.4 Å². The van der Waals surface area contributed by atoms with Gasteiger partial charge in [0.25, 0.3) is 0 Å². The summed E-state index contributed by atoms with van der Waals surface area (Å²) in [6, 6.07) is 8.73. The van der Waals surface area contributed by atoms with E-state index in [-0.39, 0.29) is 24.5 Å². The molecule has 1 fully saturated rings. The van der Waals surface area contributed by atoms with Crippen molar-refractivity contribution in [2.75, 3.05) is 11.4 Å². The zero-order chi connectivity index (χ0) is 19.0. The zero-order valence-corrected chi connectivity index (χ0v) is 14.4. The lowest BCUT2D eigenvalue weighted by Gasteiger charge is -2.16. The Morgan fingerprint density at radius 3 is 2.74 bits per heavy atom. The number of nitrogens with zero attached hydrogens (tertiary/aromatic N) is 2. The van der Waals surface area contributed by atoms with Gasteiger partial charge in [-0.3, -0.25) is 14.7 Å². The third kappa shape index (κ3) is 3.45. The Hall–Kier alpha value is -3.09. The zero-order valence-electron chi connectivity index (χ0n) is 14.4. The number of aromatic nitrogens is 2. The van der Waals surface area contributed by atoms with Crippen LogP contribution in [0.25, 0.3) is 10.9 Å². The van der Waals surface area contributed by atoms with Crippen molar-refractivity contribution in [3.63, 3.8) is 0 Å². The highest BCUT2D eigenvalue weighted by atomic mass is 19.1. The van der Waals surface area contributed by atoms with Crippen LogP contribution in [0.15, 0.2) is 42.6 Å². The fourth-order valence-electron chi connectivity index (χ4n) is 3.53. The number of ketones is 1. The lowest BCUT2D eigenvalue weighted by Crippen LogP contribution is -2.30. The fourth-order valence-corrected chi connectivity index (χ4v) is 3.53. The van der Waals surface area contributed by atoms with Gasteiger partial charge in [-0.1, -0.05) is 0 Å². The summed E-state index contributed by atoms with van der Waals surface area (Å²) >= 11 is 0. The van der Waals surface area contributed by atoms with Gasteiger partial charge in [0, 0.05) is 30.1 Å². The number of carbonyl (C=O) groups is 2. The van der Waals surface area contributed by atoms with Crippen molar-refractivity contribution in [3.05, 3.63) is 59.8 Å². The number of anilines is 1. The second-order valence-corrected chi connectivity index (χ2v) is 6.72. The molecule has 1 saturated heterocycles. The molecule has 0 aliphatic carbocycles. The Morgan fingerprint density at radius 2 is 1.96 bits per heavy atom. The minimum Gasteiger partial charge on any atom is -0.312 e. The van der Waals surface area contributed by atoms with Crippen LogP contribution < -0.4 is 4.90 Å². The van der Waals surface area contributed by atoms with Gasteiger partial charge in [-0.15, -0.1) is 0 Å². The first-order valence-electron chi connectivity index (χ1n) is 8.73. The summed E-state index contributed by atoms with van der Waals surface area (Å²) in [5.41, 5.74) is 2.02. The van der Waals surface area contributed by atoms with Crippen LogP contribution >= 0.6 is 0 Å². The van der Waals surface area contributed by atoms with Gasteiger partial charge >= 0.3 is 0 Å². The molecule has 138 valence electrons. The summed E-state index contributed by atoms with van der Waals surface area (Å²) in [6.07, 6.45) is 2.41. The molecule has 1 aliphatic heterocycles. The van der Waals surface area contributed by atoms with Gasteiger partial charge in [0.1, 0.15) is 17.4 Å². The second-order valence-electron chi connectivity index (χ2n) is 6.72. The molecule has 5 nitrogen and oxygen atoms in total. The molecule has 1 unspecified atom stereocenters. The van der Waals surface area contributed by atoms with Crippen molar-refractivity contribution in [3.8, 4) is 0 Å². The molecule has 2 heterocycles. The molecule has 1 N–H and O–H groups in total. The standard InChI is InChI=1S/C20H17F2N3O2/c21-14-7-12(8-15(22)10-14)1-4-19(26)17-5-6-25(20(17)27)16-2-3-18-13(9-16)11-23-24-18/h2-3,7-11,17H,1,4-6H2,(H,23,24). The third-order valence-electron chi connectivity index (χ3n) is 4.91. The minimum absolute atomic E-state index is 0.0773. The van der Waals surface area contributed by atoms with Crippen LogP contribution in [0.4, 0.5) is 14.5 Å². The van der Waals surface area contributed by atoms with Crippen molar-refractivity contribution in [2.45, 2.75) is 19.3 Å². The maximum atomic E-state index is 13.2. The number of benzene rings is 2. The number of aryl methyl sites for hydroxylation is 1. The molecule has 27 heavy (non-hydrogen) atoms. The molecule has 0 bridgehead atoms. The molecule has 2 aromatic carbocycles. The summed E-state index contributed by atoms with van der Waals surface area (Å²) in [6.45, 7) is 0.465. The molecule has 0 saturated carbocycles. The summed E-state index contributed by atoms with van der Waals surface area (Å²) in [4.78, 5) is 26.8. The first-order chi connectivity index (χ1) is 13.0. The van der Waals surface area contributed by atoms with Gasteiger partial charge in [0.15, 0.2) is 0 Å². The topological polar surface area (TPSA) is 66.1 Å². The monoisotopic (exact) mass is 369 g/mol. The number of hydrogen-bond donors (Lipinski definition) is 1. The number of fused-ring (bicyclic) bond motifs is 1. The highest BCUT2D eigenvalue weighted by Gasteiger charge is 2.37. The van der Waals surface area contributed by atoms with Crippen LogP contribution in [0.5, 0.6) is 0 Å². The number of Topliss-reactive ketones (excluding diaryl/α,β-unsaturated/α-hetero) is 1.